The Balaban J connectivity index is 0.944. The monoisotopic (exact) mass is 1330 g/mol. The van der Waals surface area contributed by atoms with Crippen LogP contribution in [0.4, 0.5) is 34.1 Å². The van der Waals surface area contributed by atoms with Crippen molar-refractivity contribution < 1.29 is 4.57 Å². The SMILES string of the molecule is O=P(c1ccccc1)(c1ccccc1)c1ccc(C2(c3cc(C4(c5ccc(N(c6ccccc6)c6ccccc6)cc5)c5ccccc5-c5ccccc54)cc(C4(c5ccc(N(c6ccccc6)c6ccccc6)cc5)c5ccccc5-c5ccccc54)c3)c3ccccc3-c3ccccc32)cc1. The zero-order valence-electron chi connectivity index (χ0n) is 56.6. The average Bonchev–Trinajstić information content (AvgIpc) is 1.55. The normalized spacial score (nSPS) is 13.7. The maximum atomic E-state index is 16.5. The summed E-state index contributed by atoms with van der Waals surface area (Å²) in [7, 11) is -3.41. The molecule has 486 valence electrons. The summed E-state index contributed by atoms with van der Waals surface area (Å²) in [4.78, 5) is 4.72. The molecule has 0 saturated carbocycles. The number of nitrogens with zero attached hydrogens (tertiary/aromatic N) is 2. The predicted molar refractivity (Wildman–Crippen MR) is 427 cm³/mol. The van der Waals surface area contributed by atoms with Crippen molar-refractivity contribution in [2.24, 2.45) is 0 Å². The molecule has 3 nitrogen and oxygen atoms in total. The molecule has 19 rings (SSSR count). The summed E-state index contributed by atoms with van der Waals surface area (Å²) >= 11 is 0. The summed E-state index contributed by atoms with van der Waals surface area (Å²) in [5, 5.41) is 2.37. The molecule has 0 saturated heterocycles. The molecule has 4 heteroatoms. The fourth-order valence-electron chi connectivity index (χ4n) is 17.9. The second-order valence-electron chi connectivity index (χ2n) is 27.3. The van der Waals surface area contributed by atoms with Gasteiger partial charge in [0.1, 0.15) is 0 Å². The minimum absolute atomic E-state index is 0.775. The highest BCUT2D eigenvalue weighted by atomic mass is 31.2. The van der Waals surface area contributed by atoms with Crippen LogP contribution in [0.25, 0.3) is 33.4 Å². The molecule has 3 aliphatic rings. The van der Waals surface area contributed by atoms with Crippen LogP contribution in [0.1, 0.15) is 66.8 Å². The van der Waals surface area contributed by atoms with E-state index in [1.807, 2.05) is 60.7 Å². The molecule has 16 aromatic carbocycles. The Morgan fingerprint density at radius 1 is 0.175 bits per heavy atom. The lowest BCUT2D eigenvalue weighted by molar-refractivity contribution is 0.592. The van der Waals surface area contributed by atoms with Crippen LogP contribution >= 0.6 is 7.14 Å². The van der Waals surface area contributed by atoms with E-state index in [2.05, 4.69) is 368 Å². The molecular weight excluding hydrogens is 1260 g/mol. The van der Waals surface area contributed by atoms with Crippen LogP contribution in [0, 0.1) is 0 Å². The van der Waals surface area contributed by atoms with Gasteiger partial charge in [0.05, 0.1) is 16.2 Å². The molecule has 0 fully saturated rings. The van der Waals surface area contributed by atoms with E-state index in [1.54, 1.807) is 0 Å². The summed E-state index contributed by atoms with van der Waals surface area (Å²) in [6.07, 6.45) is 0. The molecule has 0 radical (unpaired) electrons. The topological polar surface area (TPSA) is 23.6 Å². The van der Waals surface area contributed by atoms with Crippen molar-refractivity contribution >= 4 is 57.2 Å². The van der Waals surface area contributed by atoms with E-state index in [4.69, 9.17) is 0 Å². The zero-order valence-corrected chi connectivity index (χ0v) is 57.5. The lowest BCUT2D eigenvalue weighted by Crippen LogP contribution is -2.35. The molecule has 0 unspecified atom stereocenters. The van der Waals surface area contributed by atoms with Crippen LogP contribution in [-0.4, -0.2) is 0 Å². The lowest BCUT2D eigenvalue weighted by atomic mass is 9.60. The summed E-state index contributed by atoms with van der Waals surface area (Å²) in [5.74, 6) is 0. The maximum absolute atomic E-state index is 16.5. The fourth-order valence-corrected chi connectivity index (χ4v) is 20.6. The highest BCUT2D eigenvalue weighted by molar-refractivity contribution is 7.85. The molecule has 16 aromatic rings. The highest BCUT2D eigenvalue weighted by Crippen LogP contribution is 2.64. The van der Waals surface area contributed by atoms with Crippen LogP contribution in [0.15, 0.2) is 419 Å². The van der Waals surface area contributed by atoms with Crippen LogP contribution in [0.2, 0.25) is 0 Å². The van der Waals surface area contributed by atoms with Gasteiger partial charge in [-0.25, -0.2) is 0 Å². The smallest absolute Gasteiger partial charge is 0.171 e. The second-order valence-corrected chi connectivity index (χ2v) is 30.0. The molecular formula is C99H69N2OP. The first-order valence-corrected chi connectivity index (χ1v) is 37.3. The van der Waals surface area contributed by atoms with Gasteiger partial charge in [-0.15, -0.1) is 0 Å². The van der Waals surface area contributed by atoms with E-state index in [0.29, 0.717) is 0 Å². The molecule has 0 bridgehead atoms. The highest BCUT2D eigenvalue weighted by Gasteiger charge is 2.53. The van der Waals surface area contributed by atoms with Crippen molar-refractivity contribution in [3.8, 4) is 33.4 Å². The third-order valence-corrected chi connectivity index (χ3v) is 25.2. The van der Waals surface area contributed by atoms with Gasteiger partial charge in [-0.1, -0.05) is 346 Å². The van der Waals surface area contributed by atoms with Gasteiger partial charge >= 0.3 is 0 Å². The summed E-state index contributed by atoms with van der Waals surface area (Å²) in [5.41, 5.74) is 24.8. The van der Waals surface area contributed by atoms with Gasteiger partial charge in [0.15, 0.2) is 7.14 Å². The van der Waals surface area contributed by atoms with E-state index in [0.717, 1.165) is 83.4 Å². The van der Waals surface area contributed by atoms with Gasteiger partial charge in [0, 0.05) is 50.0 Å². The largest absolute Gasteiger partial charge is 0.311 e. The molecule has 0 heterocycles. The standard InChI is InChI=1S/C99H69N2OP/c102-103(82-39-15-5-16-40-82,83-41-17-6-18-42-83)84-65-59-72(60-66-84)99(95-53-29-23-47-89(95)90-48-24-30-54-96(90)99)75-68-73(97(91-49-25-19-43-85(91)86-44-20-26-50-92(86)97)70-55-61-80(62-56-70)100(76-31-7-1-8-32-76)77-33-9-2-10-34-77)67-74(69-75)98(93-51-27-21-45-87(93)88-46-22-28-52-94(88)98)71-57-63-81(64-58-71)101(78-35-11-3-12-36-78)79-37-13-4-14-38-79/h1-69H. The van der Waals surface area contributed by atoms with E-state index in [-0.39, 0.29) is 0 Å². The summed E-state index contributed by atoms with van der Waals surface area (Å²) in [6.45, 7) is 0. The van der Waals surface area contributed by atoms with E-state index in [1.165, 1.54) is 66.8 Å². The van der Waals surface area contributed by atoms with Crippen LogP contribution < -0.4 is 25.7 Å². The number of anilines is 6. The fraction of sp³-hybridized carbons (Fsp3) is 0.0303. The first-order chi connectivity index (χ1) is 51.0. The van der Waals surface area contributed by atoms with Gasteiger partial charge in [-0.05, 0) is 173 Å². The van der Waals surface area contributed by atoms with Gasteiger partial charge in [-0.3, -0.25) is 0 Å². The number of rotatable bonds is 15. The molecule has 0 amide bonds. The van der Waals surface area contributed by atoms with Gasteiger partial charge in [0.2, 0.25) is 0 Å². The predicted octanol–water partition coefficient (Wildman–Crippen LogP) is 23.4. The number of hydrogen-bond donors (Lipinski definition) is 0. The zero-order chi connectivity index (χ0) is 68.5. The molecule has 0 atom stereocenters. The Labute approximate surface area is 602 Å². The van der Waals surface area contributed by atoms with Crippen molar-refractivity contribution in [3.63, 3.8) is 0 Å². The van der Waals surface area contributed by atoms with Crippen molar-refractivity contribution in [2.45, 2.75) is 16.2 Å². The number of fused-ring (bicyclic) bond motifs is 9. The van der Waals surface area contributed by atoms with Crippen LogP contribution in [-0.2, 0) is 20.8 Å². The van der Waals surface area contributed by atoms with Crippen molar-refractivity contribution in [2.75, 3.05) is 9.80 Å². The van der Waals surface area contributed by atoms with Crippen molar-refractivity contribution in [1.29, 1.82) is 0 Å². The van der Waals surface area contributed by atoms with E-state index < -0.39 is 23.4 Å². The molecule has 0 aliphatic heterocycles. The third-order valence-electron chi connectivity index (χ3n) is 22.2. The van der Waals surface area contributed by atoms with Gasteiger partial charge in [-0.2, -0.15) is 0 Å². The Morgan fingerprint density at radius 3 is 0.602 bits per heavy atom. The molecule has 103 heavy (non-hydrogen) atoms. The number of benzene rings is 16. The van der Waals surface area contributed by atoms with Crippen molar-refractivity contribution in [3.05, 3.63) is 485 Å². The molecule has 0 aromatic heterocycles. The Kier molecular flexibility index (Phi) is 14.9. The molecule has 3 aliphatic carbocycles. The van der Waals surface area contributed by atoms with E-state index in [9.17, 15) is 0 Å². The van der Waals surface area contributed by atoms with Crippen molar-refractivity contribution in [1.82, 2.24) is 0 Å². The summed E-state index contributed by atoms with van der Waals surface area (Å²) < 4.78 is 16.5. The summed E-state index contributed by atoms with van der Waals surface area (Å²) in [6, 6.07) is 154. The first-order valence-electron chi connectivity index (χ1n) is 35.6. The third kappa shape index (κ3) is 9.40. The molecule has 0 spiro atoms. The van der Waals surface area contributed by atoms with E-state index >= 15 is 4.57 Å². The minimum Gasteiger partial charge on any atom is -0.311 e. The van der Waals surface area contributed by atoms with Crippen LogP contribution in [0.5, 0.6) is 0 Å². The quantitative estimate of drug-likeness (QED) is 0.0956. The minimum atomic E-state index is -3.41. The lowest BCUT2D eigenvalue weighted by Gasteiger charge is -2.41. The maximum Gasteiger partial charge on any atom is 0.171 e. The average molecular weight is 1330 g/mol. The van der Waals surface area contributed by atoms with Gasteiger partial charge < -0.3 is 14.4 Å². The number of hydrogen-bond acceptors (Lipinski definition) is 3. The van der Waals surface area contributed by atoms with Crippen LogP contribution in [0.3, 0.4) is 0 Å². The van der Waals surface area contributed by atoms with Gasteiger partial charge in [0.25, 0.3) is 0 Å². The second kappa shape index (κ2) is 24.9. The molecule has 0 N–H and O–H groups in total. The Bertz CT molecular complexity index is 5380. The number of para-hydroxylation sites is 4. The first kappa shape index (κ1) is 61.4. The Hall–Kier alpha value is -12.7. The Morgan fingerprint density at radius 2 is 0.359 bits per heavy atom.